The van der Waals surface area contributed by atoms with E-state index in [0.717, 1.165) is 36.2 Å². The summed E-state index contributed by atoms with van der Waals surface area (Å²) in [5, 5.41) is 7.10. The first kappa shape index (κ1) is 26.7. The maximum atomic E-state index is 13.0. The summed E-state index contributed by atoms with van der Waals surface area (Å²) in [6, 6.07) is 4.88. The van der Waals surface area contributed by atoms with E-state index in [1.165, 1.54) is 10.4 Å². The van der Waals surface area contributed by atoms with Gasteiger partial charge in [0.05, 0.1) is 17.3 Å². The standard InChI is InChI=1S/C23H27F3N6O4S/c1-14-6-7-17(23(24,25)26)12-19(14)27-22-28-20(13-36-22)21(33)30-37(34,35)31-9-4-5-18(8-10-31)32-16(3)11-15(2)29-32/h6-7,11-13,18H,4-5,8-10H2,1-3H3,(H,27,28)(H,30,33). The number of aryl methyl sites for hydroxylation is 3. The molecular weight excluding hydrogens is 513 g/mol. The highest BCUT2D eigenvalue weighted by atomic mass is 32.2. The molecule has 14 heteroatoms. The van der Waals surface area contributed by atoms with Crippen molar-refractivity contribution in [3.8, 4) is 0 Å². The molecule has 1 saturated heterocycles. The number of nitrogens with zero attached hydrogens (tertiary/aromatic N) is 4. The number of nitrogens with one attached hydrogen (secondary N) is 2. The van der Waals surface area contributed by atoms with Crippen LogP contribution in [0.1, 0.15) is 58.3 Å². The molecular formula is C23H27F3N6O4S. The Morgan fingerprint density at radius 2 is 1.89 bits per heavy atom. The molecule has 1 aliphatic heterocycles. The van der Waals surface area contributed by atoms with Crippen LogP contribution in [0.2, 0.25) is 0 Å². The van der Waals surface area contributed by atoms with E-state index in [1.54, 1.807) is 6.92 Å². The molecule has 0 spiro atoms. The Balaban J connectivity index is 1.41. The number of aromatic nitrogens is 3. The summed E-state index contributed by atoms with van der Waals surface area (Å²) in [5.74, 6) is -1.02. The highest BCUT2D eigenvalue weighted by Gasteiger charge is 2.32. The van der Waals surface area contributed by atoms with Gasteiger partial charge in [-0.3, -0.25) is 9.48 Å². The van der Waals surface area contributed by atoms with Crippen LogP contribution in [-0.4, -0.2) is 46.5 Å². The predicted octanol–water partition coefficient (Wildman–Crippen LogP) is 4.26. The maximum absolute atomic E-state index is 13.0. The number of oxazole rings is 1. The van der Waals surface area contributed by atoms with Crippen LogP contribution in [0.25, 0.3) is 0 Å². The lowest BCUT2D eigenvalue weighted by Crippen LogP contribution is -2.44. The molecule has 10 nitrogen and oxygen atoms in total. The van der Waals surface area contributed by atoms with Gasteiger partial charge in [0, 0.05) is 24.5 Å². The molecule has 4 rings (SSSR count). The van der Waals surface area contributed by atoms with Crippen LogP contribution in [0.4, 0.5) is 24.9 Å². The zero-order chi connectivity index (χ0) is 27.0. The van der Waals surface area contributed by atoms with E-state index >= 15 is 0 Å². The average Bonchev–Trinajstić information content (AvgIpc) is 3.31. The fourth-order valence-corrected chi connectivity index (χ4v) is 5.45. The predicted molar refractivity (Wildman–Crippen MR) is 129 cm³/mol. The molecule has 1 amide bonds. The molecule has 1 unspecified atom stereocenters. The lowest BCUT2D eigenvalue weighted by molar-refractivity contribution is -0.137. The van der Waals surface area contributed by atoms with Gasteiger partial charge in [0.2, 0.25) is 0 Å². The normalized spacial score (nSPS) is 17.4. The highest BCUT2D eigenvalue weighted by molar-refractivity contribution is 7.87. The fraction of sp³-hybridized carbons (Fsp3) is 0.435. The first-order valence-electron chi connectivity index (χ1n) is 11.6. The van der Waals surface area contributed by atoms with Gasteiger partial charge < -0.3 is 9.73 Å². The molecule has 2 aromatic heterocycles. The smallest absolute Gasteiger partial charge is 0.416 e. The van der Waals surface area contributed by atoms with Gasteiger partial charge in [-0.2, -0.15) is 36.0 Å². The van der Waals surface area contributed by atoms with Crippen molar-refractivity contribution in [3.05, 3.63) is 58.7 Å². The summed E-state index contributed by atoms with van der Waals surface area (Å²) in [7, 11) is -4.17. The second kappa shape index (κ2) is 10.2. The Morgan fingerprint density at radius 3 is 2.57 bits per heavy atom. The van der Waals surface area contributed by atoms with Gasteiger partial charge in [-0.15, -0.1) is 0 Å². The maximum Gasteiger partial charge on any atom is 0.416 e. The van der Waals surface area contributed by atoms with Crippen LogP contribution in [0, 0.1) is 20.8 Å². The van der Waals surface area contributed by atoms with E-state index < -0.39 is 27.9 Å². The van der Waals surface area contributed by atoms with Crippen LogP contribution in [-0.2, 0) is 16.4 Å². The van der Waals surface area contributed by atoms with E-state index in [0.29, 0.717) is 18.4 Å². The van der Waals surface area contributed by atoms with Gasteiger partial charge in [0.15, 0.2) is 5.69 Å². The van der Waals surface area contributed by atoms with Gasteiger partial charge in [0.25, 0.3) is 11.9 Å². The van der Waals surface area contributed by atoms with Crippen LogP contribution in [0.5, 0.6) is 0 Å². The average molecular weight is 541 g/mol. The quantitative estimate of drug-likeness (QED) is 0.479. The minimum atomic E-state index is -4.54. The molecule has 200 valence electrons. The van der Waals surface area contributed by atoms with E-state index in [1.807, 2.05) is 29.3 Å². The number of anilines is 2. The van der Waals surface area contributed by atoms with Crippen molar-refractivity contribution in [1.82, 2.24) is 23.8 Å². The summed E-state index contributed by atoms with van der Waals surface area (Å²) >= 11 is 0. The van der Waals surface area contributed by atoms with Crippen molar-refractivity contribution in [3.63, 3.8) is 0 Å². The third-order valence-corrected chi connectivity index (χ3v) is 7.64. The Labute approximate surface area is 212 Å². The Hall–Kier alpha value is -3.39. The van der Waals surface area contributed by atoms with Crippen LogP contribution in [0.15, 0.2) is 34.9 Å². The molecule has 1 aliphatic rings. The number of benzene rings is 1. The lowest BCUT2D eigenvalue weighted by Gasteiger charge is -2.20. The van der Waals surface area contributed by atoms with Crippen LogP contribution >= 0.6 is 0 Å². The van der Waals surface area contributed by atoms with Crippen LogP contribution in [0.3, 0.4) is 0 Å². The third-order valence-electron chi connectivity index (χ3n) is 6.15. The Morgan fingerprint density at radius 1 is 1.14 bits per heavy atom. The van der Waals surface area contributed by atoms with E-state index in [-0.39, 0.29) is 36.5 Å². The van der Waals surface area contributed by atoms with Gasteiger partial charge >= 0.3 is 16.4 Å². The molecule has 37 heavy (non-hydrogen) atoms. The van der Waals surface area contributed by atoms with Crippen molar-refractivity contribution in [2.24, 2.45) is 0 Å². The summed E-state index contributed by atoms with van der Waals surface area (Å²) in [6.45, 7) is 5.88. The molecule has 0 bridgehead atoms. The number of hydrogen-bond acceptors (Lipinski definition) is 7. The number of rotatable bonds is 6. The number of hydrogen-bond donors (Lipinski definition) is 2. The van der Waals surface area contributed by atoms with E-state index in [2.05, 4.69) is 15.4 Å². The van der Waals surface area contributed by atoms with Crippen LogP contribution < -0.4 is 10.0 Å². The van der Waals surface area contributed by atoms with Gasteiger partial charge in [-0.1, -0.05) is 6.07 Å². The fourth-order valence-electron chi connectivity index (χ4n) is 4.27. The zero-order valence-electron chi connectivity index (χ0n) is 20.5. The molecule has 1 fully saturated rings. The highest BCUT2D eigenvalue weighted by Crippen LogP contribution is 2.33. The lowest BCUT2D eigenvalue weighted by atomic mass is 10.1. The Kier molecular flexibility index (Phi) is 7.33. The third kappa shape index (κ3) is 6.13. The van der Waals surface area contributed by atoms with Crippen molar-refractivity contribution in [2.45, 2.75) is 52.3 Å². The number of alkyl halides is 3. The Bertz CT molecular complexity index is 1400. The first-order chi connectivity index (χ1) is 17.3. The van der Waals surface area contributed by atoms with E-state index in [9.17, 15) is 26.4 Å². The zero-order valence-corrected chi connectivity index (χ0v) is 21.3. The summed E-state index contributed by atoms with van der Waals surface area (Å²) in [6.07, 6.45) is -1.74. The van der Waals surface area contributed by atoms with Gasteiger partial charge in [-0.05, 0) is 63.8 Å². The van der Waals surface area contributed by atoms with Crippen molar-refractivity contribution >= 4 is 27.8 Å². The topological polar surface area (TPSA) is 122 Å². The molecule has 0 aliphatic carbocycles. The summed E-state index contributed by atoms with van der Waals surface area (Å²) in [4.78, 5) is 16.5. The minimum absolute atomic E-state index is 0.0491. The van der Waals surface area contributed by atoms with Crippen molar-refractivity contribution < 1.29 is 30.8 Å². The van der Waals surface area contributed by atoms with Crippen molar-refractivity contribution in [1.29, 1.82) is 0 Å². The molecule has 1 atom stereocenters. The van der Waals surface area contributed by atoms with Crippen molar-refractivity contribution in [2.75, 3.05) is 18.4 Å². The molecule has 0 saturated carbocycles. The molecule has 3 heterocycles. The largest absolute Gasteiger partial charge is 0.431 e. The molecule has 1 aromatic carbocycles. The monoisotopic (exact) mass is 540 g/mol. The second-order valence-electron chi connectivity index (χ2n) is 8.98. The molecule has 2 N–H and O–H groups in total. The van der Waals surface area contributed by atoms with E-state index in [4.69, 9.17) is 4.42 Å². The van der Waals surface area contributed by atoms with Gasteiger partial charge in [-0.25, -0.2) is 4.72 Å². The van der Waals surface area contributed by atoms with Gasteiger partial charge in [0.1, 0.15) is 6.26 Å². The number of halogens is 3. The summed E-state index contributed by atoms with van der Waals surface area (Å²) in [5.41, 5.74) is 1.25. The second-order valence-corrected chi connectivity index (χ2v) is 10.7. The number of carbonyl (C=O) groups is 1. The number of carbonyl (C=O) groups excluding carboxylic acids is 1. The molecule has 0 radical (unpaired) electrons. The SMILES string of the molecule is Cc1cc(C)n(C2CCCN(S(=O)(=O)NC(=O)c3coc(Nc4cc(C(F)(F)F)ccc4C)n3)CC2)n1. The summed E-state index contributed by atoms with van der Waals surface area (Å²) < 4.78 is 75.1. The number of amides is 1. The minimum Gasteiger partial charge on any atom is -0.431 e. The molecule has 3 aromatic rings. The first-order valence-corrected chi connectivity index (χ1v) is 13.0.